The number of ether oxygens (including phenoxy) is 1. The van der Waals surface area contributed by atoms with Crippen LogP contribution in [0.4, 0.5) is 0 Å². The predicted molar refractivity (Wildman–Crippen MR) is 96.0 cm³/mol. The lowest BCUT2D eigenvalue weighted by Crippen LogP contribution is -2.11. The molecule has 0 radical (unpaired) electrons. The van der Waals surface area contributed by atoms with E-state index in [2.05, 4.69) is 16.9 Å². The summed E-state index contributed by atoms with van der Waals surface area (Å²) < 4.78 is 5.48. The molecule has 3 aromatic rings. The minimum Gasteiger partial charge on any atom is -0.423 e. The number of fused-ring (bicyclic) bond motifs is 1. The fourth-order valence-corrected chi connectivity index (χ4v) is 2.68. The van der Waals surface area contributed by atoms with Crippen LogP contribution in [0.2, 0.25) is 0 Å². The minimum absolute atomic E-state index is 0.232. The van der Waals surface area contributed by atoms with Crippen LogP contribution in [0.25, 0.3) is 10.9 Å². The van der Waals surface area contributed by atoms with Gasteiger partial charge in [-0.2, -0.15) is 0 Å². The number of carbonyl (C=O) groups excluding carboxylic acids is 2. The van der Waals surface area contributed by atoms with E-state index in [4.69, 9.17) is 4.74 Å². The molecule has 0 fully saturated rings. The number of rotatable bonds is 5. The van der Waals surface area contributed by atoms with Gasteiger partial charge in [0, 0.05) is 18.0 Å². The molecule has 1 N–H and O–H groups in total. The van der Waals surface area contributed by atoms with E-state index in [1.165, 1.54) is 0 Å². The fourth-order valence-electron chi connectivity index (χ4n) is 2.68. The summed E-state index contributed by atoms with van der Waals surface area (Å²) in [5.74, 6) is -0.401. The van der Waals surface area contributed by atoms with E-state index in [9.17, 15) is 9.59 Å². The van der Waals surface area contributed by atoms with Gasteiger partial charge in [0.1, 0.15) is 11.4 Å². The maximum Gasteiger partial charge on any atom is 0.310 e. The second-order valence-corrected chi connectivity index (χ2v) is 5.94. The van der Waals surface area contributed by atoms with Gasteiger partial charge in [-0.05, 0) is 48.7 Å². The molecule has 3 rings (SSSR count). The molecular formula is C20H20N2O3. The molecule has 0 spiro atoms. The Kier molecular flexibility index (Phi) is 4.65. The van der Waals surface area contributed by atoms with E-state index < -0.39 is 0 Å². The van der Waals surface area contributed by atoms with Gasteiger partial charge in [0.15, 0.2) is 5.75 Å². The zero-order valence-electron chi connectivity index (χ0n) is 14.6. The quantitative estimate of drug-likeness (QED) is 0.565. The number of aromatic amines is 1. The normalized spacial score (nSPS) is 10.8. The number of H-pyrrole nitrogens is 1. The summed E-state index contributed by atoms with van der Waals surface area (Å²) in [6, 6.07) is 9.37. The van der Waals surface area contributed by atoms with Crippen molar-refractivity contribution in [2.24, 2.45) is 0 Å². The molecule has 0 aliphatic carbocycles. The van der Waals surface area contributed by atoms with Crippen molar-refractivity contribution in [3.63, 3.8) is 0 Å². The van der Waals surface area contributed by atoms with Crippen LogP contribution in [0.1, 0.15) is 47.6 Å². The average Bonchev–Trinajstić information content (AvgIpc) is 2.98. The zero-order chi connectivity index (χ0) is 18.0. The molecule has 1 aromatic carbocycles. The van der Waals surface area contributed by atoms with Crippen molar-refractivity contribution in [2.45, 2.75) is 33.6 Å². The Morgan fingerprint density at radius 1 is 1.16 bits per heavy atom. The molecule has 0 aliphatic rings. The van der Waals surface area contributed by atoms with Gasteiger partial charge in [0.05, 0.1) is 5.52 Å². The number of esters is 1. The Hall–Kier alpha value is -2.95. The molecule has 0 amide bonds. The first-order chi connectivity index (χ1) is 12.0. The van der Waals surface area contributed by atoms with Crippen molar-refractivity contribution < 1.29 is 14.3 Å². The first-order valence-corrected chi connectivity index (χ1v) is 8.36. The summed E-state index contributed by atoms with van der Waals surface area (Å²) in [6.07, 6.45) is 2.70. The lowest BCUT2D eigenvalue weighted by molar-refractivity contribution is -0.133. The Morgan fingerprint density at radius 3 is 2.64 bits per heavy atom. The third-order valence-corrected chi connectivity index (χ3v) is 4.10. The van der Waals surface area contributed by atoms with Crippen LogP contribution in [0, 0.1) is 6.92 Å². The number of hydrogen-bond donors (Lipinski definition) is 1. The largest absolute Gasteiger partial charge is 0.423 e. The number of ketones is 1. The molecule has 0 atom stereocenters. The number of hydrogen-bond acceptors (Lipinski definition) is 4. The molecule has 2 aromatic heterocycles. The summed E-state index contributed by atoms with van der Waals surface area (Å²) in [5.41, 5.74) is 3.41. The molecule has 0 saturated carbocycles. The highest BCUT2D eigenvalue weighted by atomic mass is 16.5. The van der Waals surface area contributed by atoms with Gasteiger partial charge in [-0.15, -0.1) is 0 Å². The molecule has 5 heteroatoms. The summed E-state index contributed by atoms with van der Waals surface area (Å²) >= 11 is 0. The number of benzene rings is 1. The van der Waals surface area contributed by atoms with Crippen LogP contribution < -0.4 is 4.74 Å². The van der Waals surface area contributed by atoms with E-state index in [0.29, 0.717) is 5.69 Å². The van der Waals surface area contributed by atoms with E-state index in [0.717, 1.165) is 28.5 Å². The maximum atomic E-state index is 12.9. The fraction of sp³-hybridized carbons (Fsp3) is 0.250. The van der Waals surface area contributed by atoms with Crippen molar-refractivity contribution in [1.29, 1.82) is 0 Å². The van der Waals surface area contributed by atoms with Crippen molar-refractivity contribution in [1.82, 2.24) is 9.97 Å². The number of pyridine rings is 1. The summed E-state index contributed by atoms with van der Waals surface area (Å²) in [6.45, 7) is 5.68. The van der Waals surface area contributed by atoms with Gasteiger partial charge in [-0.3, -0.25) is 14.6 Å². The first-order valence-electron chi connectivity index (χ1n) is 8.36. The Morgan fingerprint density at radius 2 is 1.96 bits per heavy atom. The number of aryl methyl sites for hydroxylation is 2. The van der Waals surface area contributed by atoms with Crippen molar-refractivity contribution >= 4 is 22.7 Å². The molecule has 2 heterocycles. The van der Waals surface area contributed by atoms with Gasteiger partial charge in [0.2, 0.25) is 5.78 Å². The SMILES string of the molecule is CCC(=O)Oc1c(C(=O)c2cc(C)ccn2)[nH]c2cc(CC)ccc12. The summed E-state index contributed by atoms with van der Waals surface area (Å²) in [4.78, 5) is 32.0. The van der Waals surface area contributed by atoms with Crippen LogP contribution in [0.3, 0.4) is 0 Å². The summed E-state index contributed by atoms with van der Waals surface area (Å²) in [7, 11) is 0. The van der Waals surface area contributed by atoms with Crippen LogP contribution in [0.5, 0.6) is 5.75 Å². The molecule has 5 nitrogen and oxygen atoms in total. The molecular weight excluding hydrogens is 316 g/mol. The third kappa shape index (κ3) is 3.31. The van der Waals surface area contributed by atoms with Gasteiger partial charge in [-0.1, -0.05) is 19.9 Å². The van der Waals surface area contributed by atoms with E-state index in [-0.39, 0.29) is 29.6 Å². The van der Waals surface area contributed by atoms with Gasteiger partial charge in [0.25, 0.3) is 0 Å². The standard InChI is InChI=1S/C20H20N2O3/c1-4-13-6-7-14-15(11-13)22-18(20(14)25-17(23)5-2)19(24)16-10-12(3)8-9-21-16/h6-11,22H,4-5H2,1-3H3. The number of aromatic nitrogens is 2. The van der Waals surface area contributed by atoms with Crippen LogP contribution >= 0.6 is 0 Å². The van der Waals surface area contributed by atoms with E-state index >= 15 is 0 Å². The Balaban J connectivity index is 2.16. The highest BCUT2D eigenvalue weighted by molar-refractivity contribution is 6.12. The molecule has 0 bridgehead atoms. The molecule has 0 saturated heterocycles. The topological polar surface area (TPSA) is 72.1 Å². The molecule has 25 heavy (non-hydrogen) atoms. The second kappa shape index (κ2) is 6.89. The lowest BCUT2D eigenvalue weighted by Gasteiger charge is -2.05. The highest BCUT2D eigenvalue weighted by Crippen LogP contribution is 2.32. The van der Waals surface area contributed by atoms with Gasteiger partial charge < -0.3 is 9.72 Å². The van der Waals surface area contributed by atoms with Crippen molar-refractivity contribution in [3.05, 3.63) is 59.0 Å². The van der Waals surface area contributed by atoms with E-state index in [1.807, 2.05) is 31.2 Å². The molecule has 0 unspecified atom stereocenters. The van der Waals surface area contributed by atoms with Crippen molar-refractivity contribution in [2.75, 3.05) is 0 Å². The predicted octanol–water partition coefficient (Wildman–Crippen LogP) is 3.98. The molecule has 0 aliphatic heterocycles. The minimum atomic E-state index is -0.383. The first kappa shape index (κ1) is 16.9. The van der Waals surface area contributed by atoms with E-state index in [1.54, 1.807) is 19.2 Å². The van der Waals surface area contributed by atoms with Crippen molar-refractivity contribution in [3.8, 4) is 5.75 Å². The second-order valence-electron chi connectivity index (χ2n) is 5.94. The molecule has 128 valence electrons. The number of nitrogens with one attached hydrogen (secondary N) is 1. The van der Waals surface area contributed by atoms with Gasteiger partial charge in [-0.25, -0.2) is 0 Å². The highest BCUT2D eigenvalue weighted by Gasteiger charge is 2.23. The number of nitrogens with zero attached hydrogens (tertiary/aromatic N) is 1. The number of carbonyl (C=O) groups is 2. The van der Waals surface area contributed by atoms with Crippen LogP contribution in [0.15, 0.2) is 36.5 Å². The van der Waals surface area contributed by atoms with Gasteiger partial charge >= 0.3 is 5.97 Å². The van der Waals surface area contributed by atoms with Crippen LogP contribution in [-0.2, 0) is 11.2 Å². The average molecular weight is 336 g/mol. The Bertz CT molecular complexity index is 957. The third-order valence-electron chi connectivity index (χ3n) is 4.10. The smallest absolute Gasteiger partial charge is 0.310 e. The zero-order valence-corrected chi connectivity index (χ0v) is 14.6. The summed E-state index contributed by atoms with van der Waals surface area (Å²) in [5, 5.41) is 0.718. The maximum absolute atomic E-state index is 12.9. The lowest BCUT2D eigenvalue weighted by atomic mass is 10.1. The monoisotopic (exact) mass is 336 g/mol. The van der Waals surface area contributed by atoms with Crippen LogP contribution in [-0.4, -0.2) is 21.7 Å². The Labute approximate surface area is 146 Å².